The summed E-state index contributed by atoms with van der Waals surface area (Å²) in [6, 6.07) is 4.26. The summed E-state index contributed by atoms with van der Waals surface area (Å²) in [5.41, 5.74) is 0.155. The first-order chi connectivity index (χ1) is 15.8. The number of carbonyl (C=O) groups excluding carboxylic acids is 2. The summed E-state index contributed by atoms with van der Waals surface area (Å²) < 4.78 is 40.3. The summed E-state index contributed by atoms with van der Waals surface area (Å²) in [6.45, 7) is 2.49. The number of carbonyl (C=O) groups is 2. The fourth-order valence-electron chi connectivity index (χ4n) is 4.86. The van der Waals surface area contributed by atoms with Gasteiger partial charge in [-0.2, -0.15) is 4.31 Å². The lowest BCUT2D eigenvalue weighted by atomic mass is 10.1. The largest absolute Gasteiger partial charge is 0.467 e. The molecule has 1 amide bonds. The zero-order valence-corrected chi connectivity index (χ0v) is 19.9. The van der Waals surface area contributed by atoms with E-state index in [4.69, 9.17) is 9.15 Å². The number of nitrogens with zero attached hydrogens (tertiary/aromatic N) is 3. The average Bonchev–Trinajstić information content (AvgIpc) is 3.59. The molecule has 1 aliphatic carbocycles. The fourth-order valence-corrected chi connectivity index (χ4v) is 6.58. The van der Waals surface area contributed by atoms with Gasteiger partial charge in [-0.3, -0.25) is 4.79 Å². The van der Waals surface area contributed by atoms with Crippen LogP contribution in [0.15, 0.2) is 40.0 Å². The Morgan fingerprint density at radius 1 is 1.21 bits per heavy atom. The van der Waals surface area contributed by atoms with Gasteiger partial charge in [-0.1, -0.05) is 12.8 Å². The van der Waals surface area contributed by atoms with Crippen LogP contribution in [0, 0.1) is 0 Å². The van der Waals surface area contributed by atoms with Gasteiger partial charge in [0.15, 0.2) is 0 Å². The zero-order chi connectivity index (χ0) is 23.6. The maximum atomic E-state index is 13.7. The maximum absolute atomic E-state index is 13.7. The number of hydrogen-bond donors (Lipinski definition) is 0. The molecule has 33 heavy (non-hydrogen) atoms. The van der Waals surface area contributed by atoms with Crippen LogP contribution in [-0.4, -0.2) is 59.3 Å². The summed E-state index contributed by atoms with van der Waals surface area (Å²) in [5.74, 6) is -0.0768. The van der Waals surface area contributed by atoms with E-state index in [0.29, 0.717) is 25.1 Å². The number of hydrogen-bond acceptors (Lipinski definition) is 6. The molecule has 1 saturated carbocycles. The Morgan fingerprint density at radius 2 is 1.97 bits per heavy atom. The van der Waals surface area contributed by atoms with Crippen molar-refractivity contribution < 1.29 is 27.2 Å². The predicted molar refractivity (Wildman–Crippen MR) is 120 cm³/mol. The molecule has 1 aliphatic heterocycles. The van der Waals surface area contributed by atoms with Gasteiger partial charge in [-0.15, -0.1) is 0 Å². The smallest absolute Gasteiger partial charge is 0.354 e. The van der Waals surface area contributed by atoms with Crippen molar-refractivity contribution in [2.75, 3.05) is 13.2 Å². The molecule has 0 aromatic carbocycles. The Kier molecular flexibility index (Phi) is 6.94. The van der Waals surface area contributed by atoms with Gasteiger partial charge in [0.25, 0.3) is 0 Å². The monoisotopic (exact) mass is 477 g/mol. The second-order valence-corrected chi connectivity index (χ2v) is 10.5. The highest BCUT2D eigenvalue weighted by Crippen LogP contribution is 2.32. The Bertz CT molecular complexity index is 1090. The minimum atomic E-state index is -3.97. The first-order valence-electron chi connectivity index (χ1n) is 11.5. The van der Waals surface area contributed by atoms with Gasteiger partial charge in [0, 0.05) is 25.8 Å². The lowest BCUT2D eigenvalue weighted by Gasteiger charge is -2.33. The summed E-state index contributed by atoms with van der Waals surface area (Å²) in [4.78, 5) is 27.7. The van der Waals surface area contributed by atoms with E-state index in [-0.39, 0.29) is 35.7 Å². The minimum absolute atomic E-state index is 0.00814. The second-order valence-electron chi connectivity index (χ2n) is 8.65. The van der Waals surface area contributed by atoms with Crippen LogP contribution in [0.25, 0.3) is 0 Å². The molecule has 2 aliphatic rings. The molecule has 180 valence electrons. The van der Waals surface area contributed by atoms with Crippen LogP contribution >= 0.6 is 0 Å². The van der Waals surface area contributed by atoms with E-state index in [1.807, 2.05) is 6.07 Å². The second kappa shape index (κ2) is 9.72. The number of furan rings is 1. The van der Waals surface area contributed by atoms with Crippen molar-refractivity contribution in [2.24, 2.45) is 7.05 Å². The van der Waals surface area contributed by atoms with Crippen LogP contribution in [0.1, 0.15) is 61.7 Å². The van der Waals surface area contributed by atoms with E-state index in [2.05, 4.69) is 0 Å². The predicted octanol–water partition coefficient (Wildman–Crippen LogP) is 2.92. The van der Waals surface area contributed by atoms with Crippen LogP contribution in [-0.2, 0) is 33.1 Å². The van der Waals surface area contributed by atoms with E-state index in [0.717, 1.165) is 25.7 Å². The molecule has 0 spiro atoms. The van der Waals surface area contributed by atoms with Crippen molar-refractivity contribution in [2.45, 2.75) is 69.0 Å². The summed E-state index contributed by atoms with van der Waals surface area (Å²) in [5, 5.41) is 0. The molecule has 2 aromatic heterocycles. The molecule has 2 aromatic rings. The lowest BCUT2D eigenvalue weighted by molar-refractivity contribution is -0.138. The lowest BCUT2D eigenvalue weighted by Crippen LogP contribution is -2.50. The molecule has 10 heteroatoms. The summed E-state index contributed by atoms with van der Waals surface area (Å²) in [7, 11) is -2.37. The highest BCUT2D eigenvalue weighted by atomic mass is 32.2. The summed E-state index contributed by atoms with van der Waals surface area (Å²) in [6.07, 6.45) is 7.98. The molecule has 0 radical (unpaired) electrons. The highest BCUT2D eigenvalue weighted by molar-refractivity contribution is 7.89. The van der Waals surface area contributed by atoms with Crippen LogP contribution in [0.2, 0.25) is 0 Å². The molecule has 1 unspecified atom stereocenters. The number of aromatic nitrogens is 1. The molecular weight excluding hydrogens is 446 g/mol. The van der Waals surface area contributed by atoms with Crippen molar-refractivity contribution in [3.63, 3.8) is 0 Å². The molecule has 4 rings (SSSR count). The number of amides is 1. The molecule has 3 heterocycles. The molecular formula is C23H31N3O6S. The third-order valence-corrected chi connectivity index (χ3v) is 8.39. The molecule has 0 bridgehead atoms. The fraction of sp³-hybridized carbons (Fsp3) is 0.565. The minimum Gasteiger partial charge on any atom is -0.467 e. The van der Waals surface area contributed by atoms with Gasteiger partial charge in [0.05, 0.1) is 19.4 Å². The Morgan fingerprint density at radius 3 is 2.64 bits per heavy atom. The van der Waals surface area contributed by atoms with Gasteiger partial charge < -0.3 is 18.6 Å². The Labute approximate surface area is 194 Å². The van der Waals surface area contributed by atoms with E-state index in [1.165, 1.54) is 21.1 Å². The number of rotatable bonds is 8. The summed E-state index contributed by atoms with van der Waals surface area (Å²) >= 11 is 0. The third-order valence-electron chi connectivity index (χ3n) is 6.51. The van der Waals surface area contributed by atoms with Crippen molar-refractivity contribution >= 4 is 21.9 Å². The number of ether oxygens (including phenoxy) is 1. The molecule has 0 N–H and O–H groups in total. The van der Waals surface area contributed by atoms with Crippen molar-refractivity contribution in [3.05, 3.63) is 42.1 Å². The van der Waals surface area contributed by atoms with Gasteiger partial charge >= 0.3 is 5.97 Å². The van der Waals surface area contributed by atoms with Gasteiger partial charge in [0.2, 0.25) is 15.9 Å². The Hall–Kier alpha value is -2.59. The van der Waals surface area contributed by atoms with Crippen LogP contribution in [0.3, 0.4) is 0 Å². The number of esters is 1. The van der Waals surface area contributed by atoms with Gasteiger partial charge in [0.1, 0.15) is 22.4 Å². The first kappa shape index (κ1) is 23.6. The van der Waals surface area contributed by atoms with E-state index in [9.17, 15) is 18.0 Å². The SMILES string of the molecule is CCOC(=O)c1cc(S(=O)(=O)N2CCCC2C(=O)N(Cc2ccco2)C2CCCC2)cn1C. The quantitative estimate of drug-likeness (QED) is 0.542. The molecule has 1 saturated heterocycles. The standard InChI is InChI=1S/C23H31N3O6S/c1-3-31-23(28)21-14-19(16-24(21)2)33(29,30)26-12-6-11-20(26)22(27)25(17-8-4-5-9-17)15-18-10-7-13-32-18/h7,10,13-14,16-17,20H,3-6,8-9,11-12,15H2,1-2H3. The third kappa shape index (κ3) is 4.72. The van der Waals surface area contributed by atoms with E-state index >= 15 is 0 Å². The highest BCUT2D eigenvalue weighted by Gasteiger charge is 2.43. The van der Waals surface area contributed by atoms with Gasteiger partial charge in [-0.25, -0.2) is 13.2 Å². The average molecular weight is 478 g/mol. The van der Waals surface area contributed by atoms with Crippen LogP contribution in [0.5, 0.6) is 0 Å². The van der Waals surface area contributed by atoms with Crippen LogP contribution < -0.4 is 0 Å². The number of aryl methyl sites for hydroxylation is 1. The van der Waals surface area contributed by atoms with Gasteiger partial charge in [-0.05, 0) is 50.8 Å². The zero-order valence-electron chi connectivity index (χ0n) is 19.1. The first-order valence-corrected chi connectivity index (χ1v) is 12.9. The van der Waals surface area contributed by atoms with Crippen LogP contribution in [0.4, 0.5) is 0 Å². The topological polar surface area (TPSA) is 102 Å². The molecule has 1 atom stereocenters. The molecule has 2 fully saturated rings. The van der Waals surface area contributed by atoms with Crippen molar-refractivity contribution in [1.82, 2.24) is 13.8 Å². The Balaban J connectivity index is 1.60. The van der Waals surface area contributed by atoms with Crippen molar-refractivity contribution in [3.8, 4) is 0 Å². The van der Waals surface area contributed by atoms with E-state index in [1.54, 1.807) is 31.2 Å². The normalized spacial score (nSPS) is 19.8. The maximum Gasteiger partial charge on any atom is 0.354 e. The van der Waals surface area contributed by atoms with E-state index < -0.39 is 22.0 Å². The van der Waals surface area contributed by atoms with Crippen molar-refractivity contribution in [1.29, 1.82) is 0 Å². The number of sulfonamides is 1. The molecule has 9 nitrogen and oxygen atoms in total.